The van der Waals surface area contributed by atoms with Crippen LogP contribution in [0.5, 0.6) is 5.75 Å². The number of halogens is 7. The first-order chi connectivity index (χ1) is 15.8. The third-order valence-electron chi connectivity index (χ3n) is 4.27. The van der Waals surface area contributed by atoms with Gasteiger partial charge in [0.05, 0.1) is 11.3 Å². The molecule has 0 saturated heterocycles. The predicted molar refractivity (Wildman–Crippen MR) is 105 cm³/mol. The van der Waals surface area contributed by atoms with Crippen molar-refractivity contribution in [3.8, 4) is 5.75 Å². The molecule has 1 N–H and O–H groups in total. The number of anilines is 1. The van der Waals surface area contributed by atoms with E-state index in [-0.39, 0.29) is 30.2 Å². The van der Waals surface area contributed by atoms with Crippen LogP contribution in [0.15, 0.2) is 42.6 Å². The Morgan fingerprint density at radius 1 is 0.971 bits per heavy atom. The summed E-state index contributed by atoms with van der Waals surface area (Å²) in [6.45, 7) is -0.445. The molecular weight excluding hydrogens is 477 g/mol. The molecule has 34 heavy (non-hydrogen) atoms. The average molecular weight is 496 g/mol. The van der Waals surface area contributed by atoms with Crippen molar-refractivity contribution < 1.29 is 49.8 Å². The van der Waals surface area contributed by atoms with E-state index in [1.165, 1.54) is 30.5 Å². The normalized spacial score (nSPS) is 12.2. The minimum absolute atomic E-state index is 0.0594. The zero-order valence-corrected chi connectivity index (χ0v) is 17.6. The molecule has 1 aromatic heterocycles. The molecule has 13 heteroatoms. The number of alkyl halides is 7. The van der Waals surface area contributed by atoms with Crippen molar-refractivity contribution in [2.45, 2.75) is 44.4 Å². The third kappa shape index (κ3) is 6.81. The van der Waals surface area contributed by atoms with Crippen LogP contribution in [-0.4, -0.2) is 41.5 Å². The van der Waals surface area contributed by atoms with Crippen molar-refractivity contribution in [2.75, 3.05) is 11.9 Å². The second-order valence-corrected chi connectivity index (χ2v) is 6.99. The summed E-state index contributed by atoms with van der Waals surface area (Å²) in [5.41, 5.74) is 0.704. The molecule has 0 saturated carbocycles. The minimum Gasteiger partial charge on any atom is -0.487 e. The topological polar surface area (TPSA) is 77.5 Å². The predicted octanol–water partition coefficient (Wildman–Crippen LogP) is 5.39. The molecule has 0 bridgehead atoms. The summed E-state index contributed by atoms with van der Waals surface area (Å²) in [5.74, 6) is -13.2. The highest BCUT2D eigenvalue weighted by Gasteiger charge is 2.73. The van der Waals surface area contributed by atoms with Gasteiger partial charge in [0.15, 0.2) is 6.61 Å². The molecule has 1 aromatic carbocycles. The molecule has 0 unspecified atom stereocenters. The summed E-state index contributed by atoms with van der Waals surface area (Å²) in [4.78, 5) is 27.6. The number of carbonyl (C=O) groups excluding carboxylic acids is 2. The fourth-order valence-electron chi connectivity index (χ4n) is 2.38. The number of rotatable bonds is 10. The Labute approximate surface area is 189 Å². The minimum atomic E-state index is -6.44. The van der Waals surface area contributed by atoms with Crippen molar-refractivity contribution in [3.63, 3.8) is 0 Å². The maximum atomic E-state index is 13.3. The van der Waals surface area contributed by atoms with Crippen molar-refractivity contribution in [1.82, 2.24) is 4.98 Å². The fraction of sp³-hybridized carbons (Fsp3) is 0.381. The number of pyridine rings is 1. The number of benzene rings is 1. The van der Waals surface area contributed by atoms with E-state index in [2.05, 4.69) is 15.0 Å². The summed E-state index contributed by atoms with van der Waals surface area (Å²) in [5, 5.41) is 2.45. The molecule has 0 fully saturated rings. The average Bonchev–Trinajstić information content (AvgIpc) is 2.77. The summed E-state index contributed by atoms with van der Waals surface area (Å²) in [6, 6.07) is 7.24. The largest absolute Gasteiger partial charge is 0.487 e. The fourth-order valence-corrected chi connectivity index (χ4v) is 2.38. The monoisotopic (exact) mass is 496 g/mol. The Morgan fingerprint density at radius 2 is 1.62 bits per heavy atom. The molecule has 0 spiro atoms. The second kappa shape index (κ2) is 10.7. The standard InChI is InChI=1S/C21H19F7N2O4/c1-2-3-17(31)33-11-15-5-4-13(10-29-15)18(32)30-14-6-8-16(9-7-14)34-12-19(22,23)20(24,25)21(26,27)28/h4-10H,2-3,11-12H2,1H3,(H,30,32). The molecule has 1 heterocycles. The van der Waals surface area contributed by atoms with Crippen LogP contribution >= 0.6 is 0 Å². The molecule has 2 aromatic rings. The van der Waals surface area contributed by atoms with Gasteiger partial charge < -0.3 is 14.8 Å². The van der Waals surface area contributed by atoms with Gasteiger partial charge in [0.1, 0.15) is 12.4 Å². The number of nitrogens with one attached hydrogen (secondary N) is 1. The molecule has 1 amide bonds. The third-order valence-corrected chi connectivity index (χ3v) is 4.27. The molecule has 0 aliphatic heterocycles. The number of carbonyl (C=O) groups is 2. The summed E-state index contributed by atoms with van der Waals surface area (Å²) in [7, 11) is 0. The van der Waals surface area contributed by atoms with Gasteiger partial charge in [0.2, 0.25) is 0 Å². The smallest absolute Gasteiger partial charge is 0.460 e. The van der Waals surface area contributed by atoms with Gasteiger partial charge in [0, 0.05) is 18.3 Å². The number of amides is 1. The number of aromatic nitrogens is 1. The van der Waals surface area contributed by atoms with Crippen LogP contribution in [0, 0.1) is 0 Å². The zero-order chi connectivity index (χ0) is 25.6. The molecule has 6 nitrogen and oxygen atoms in total. The van der Waals surface area contributed by atoms with E-state index >= 15 is 0 Å². The molecular formula is C21H19F7N2O4. The number of hydrogen-bond donors (Lipinski definition) is 1. The second-order valence-electron chi connectivity index (χ2n) is 6.99. The van der Waals surface area contributed by atoms with Crippen LogP contribution in [0.3, 0.4) is 0 Å². The van der Waals surface area contributed by atoms with Gasteiger partial charge in [-0.25, -0.2) is 0 Å². The lowest BCUT2D eigenvalue weighted by atomic mass is 10.2. The van der Waals surface area contributed by atoms with E-state index in [0.717, 1.165) is 12.1 Å². The molecule has 2 rings (SSSR count). The van der Waals surface area contributed by atoms with Gasteiger partial charge in [0.25, 0.3) is 5.91 Å². The van der Waals surface area contributed by atoms with Crippen molar-refractivity contribution >= 4 is 17.6 Å². The lowest BCUT2D eigenvalue weighted by Gasteiger charge is -2.27. The molecule has 0 radical (unpaired) electrons. The quantitative estimate of drug-likeness (QED) is 0.353. The summed E-state index contributed by atoms with van der Waals surface area (Å²) >= 11 is 0. The highest BCUT2D eigenvalue weighted by molar-refractivity contribution is 6.04. The van der Waals surface area contributed by atoms with E-state index in [0.29, 0.717) is 12.1 Å². The maximum absolute atomic E-state index is 13.3. The molecule has 0 atom stereocenters. The van der Waals surface area contributed by atoms with E-state index in [1.54, 1.807) is 0 Å². The molecule has 186 valence electrons. The van der Waals surface area contributed by atoms with Crippen LogP contribution in [0.2, 0.25) is 0 Å². The van der Waals surface area contributed by atoms with Crippen LogP contribution in [0.1, 0.15) is 35.8 Å². The van der Waals surface area contributed by atoms with E-state index in [4.69, 9.17) is 4.74 Å². The van der Waals surface area contributed by atoms with Crippen LogP contribution in [0.4, 0.5) is 36.4 Å². The van der Waals surface area contributed by atoms with E-state index in [1.807, 2.05) is 6.92 Å². The van der Waals surface area contributed by atoms with Gasteiger partial charge in [-0.2, -0.15) is 30.7 Å². The Kier molecular flexibility index (Phi) is 8.46. The van der Waals surface area contributed by atoms with E-state index < -0.39 is 36.3 Å². The Balaban J connectivity index is 1.92. The number of esters is 1. The number of ether oxygens (including phenoxy) is 2. The van der Waals surface area contributed by atoms with Gasteiger partial charge in [-0.1, -0.05) is 6.92 Å². The molecule has 0 aliphatic rings. The number of hydrogen-bond acceptors (Lipinski definition) is 5. The summed E-state index contributed by atoms with van der Waals surface area (Å²) in [6.07, 6.45) is -4.30. The van der Waals surface area contributed by atoms with Gasteiger partial charge in [-0.15, -0.1) is 0 Å². The lowest BCUT2D eigenvalue weighted by Crippen LogP contribution is -2.54. The molecule has 0 aliphatic carbocycles. The number of nitrogens with zero attached hydrogens (tertiary/aromatic N) is 1. The van der Waals surface area contributed by atoms with Crippen LogP contribution < -0.4 is 10.1 Å². The first kappa shape index (κ1) is 26.9. The van der Waals surface area contributed by atoms with Gasteiger partial charge >= 0.3 is 24.0 Å². The van der Waals surface area contributed by atoms with Crippen molar-refractivity contribution in [2.24, 2.45) is 0 Å². The first-order valence-electron chi connectivity index (χ1n) is 9.74. The van der Waals surface area contributed by atoms with Gasteiger partial charge in [-0.3, -0.25) is 14.6 Å². The first-order valence-corrected chi connectivity index (χ1v) is 9.74. The van der Waals surface area contributed by atoms with Crippen molar-refractivity contribution in [3.05, 3.63) is 53.9 Å². The SMILES string of the molecule is CCCC(=O)OCc1ccc(C(=O)Nc2ccc(OCC(F)(F)C(F)(F)C(F)(F)F)cc2)cn1. The highest BCUT2D eigenvalue weighted by atomic mass is 19.4. The van der Waals surface area contributed by atoms with E-state index in [9.17, 15) is 40.3 Å². The van der Waals surface area contributed by atoms with Crippen LogP contribution in [-0.2, 0) is 16.1 Å². The Hall–Kier alpha value is -3.38. The maximum Gasteiger partial charge on any atom is 0.460 e. The Bertz CT molecular complexity index is 978. The summed E-state index contributed by atoms with van der Waals surface area (Å²) < 4.78 is 98.1. The Morgan fingerprint density at radius 3 is 2.15 bits per heavy atom. The lowest BCUT2D eigenvalue weighted by molar-refractivity contribution is -0.358. The van der Waals surface area contributed by atoms with Gasteiger partial charge in [-0.05, 0) is 42.8 Å². The van der Waals surface area contributed by atoms with Crippen LogP contribution in [0.25, 0.3) is 0 Å². The van der Waals surface area contributed by atoms with Crippen molar-refractivity contribution in [1.29, 1.82) is 0 Å². The zero-order valence-electron chi connectivity index (χ0n) is 17.6. The highest BCUT2D eigenvalue weighted by Crippen LogP contribution is 2.46.